The highest BCUT2D eigenvalue weighted by molar-refractivity contribution is 5.97. The van der Waals surface area contributed by atoms with E-state index >= 15 is 0 Å². The Balaban J connectivity index is 1.15. The molecule has 0 fully saturated rings. The number of benzene rings is 10. The van der Waals surface area contributed by atoms with Gasteiger partial charge < -0.3 is 4.90 Å². The minimum absolute atomic E-state index is 0.413. The topological polar surface area (TPSA) is 3.24 Å². The Morgan fingerprint density at radius 1 is 0.210 bits per heavy atom. The van der Waals surface area contributed by atoms with Crippen LogP contribution in [0.3, 0.4) is 0 Å². The van der Waals surface area contributed by atoms with Crippen molar-refractivity contribution in [2.45, 2.75) is 5.41 Å². The molecule has 0 saturated carbocycles. The molecule has 1 spiro atoms. The average Bonchev–Trinajstić information content (AvgIpc) is 3.82. The minimum atomic E-state index is -0.413. The molecule has 0 aliphatic heterocycles. The SMILES string of the molecule is c1ccc(-c2cc(-c3ccccc3)cc(N(c3cc(-c4ccccc4)cc(-c4ccccc4)c3)c3ccc4c(c3)-c3ccccc3C43c4ccccc4-c4ccccc43)c2)cc1. The number of fused-ring (bicyclic) bond motifs is 10. The lowest BCUT2D eigenvalue weighted by atomic mass is 9.70. The molecular formula is C61H41N. The predicted molar refractivity (Wildman–Crippen MR) is 259 cm³/mol. The number of rotatable bonds is 7. The smallest absolute Gasteiger partial charge is 0.0725 e. The second-order valence-corrected chi connectivity index (χ2v) is 16.5. The van der Waals surface area contributed by atoms with Crippen LogP contribution in [-0.4, -0.2) is 0 Å². The summed E-state index contributed by atoms with van der Waals surface area (Å²) in [6, 6.07) is 91.6. The van der Waals surface area contributed by atoms with Crippen molar-refractivity contribution >= 4 is 17.1 Å². The largest absolute Gasteiger partial charge is 0.310 e. The summed E-state index contributed by atoms with van der Waals surface area (Å²) in [5, 5.41) is 0. The highest BCUT2D eigenvalue weighted by atomic mass is 15.1. The summed E-state index contributed by atoms with van der Waals surface area (Å²) in [5.74, 6) is 0. The molecule has 10 aromatic rings. The molecule has 10 aromatic carbocycles. The Kier molecular flexibility index (Phi) is 8.47. The number of nitrogens with zero attached hydrogens (tertiary/aromatic N) is 1. The van der Waals surface area contributed by atoms with Gasteiger partial charge in [0.25, 0.3) is 0 Å². The molecule has 1 heteroatoms. The van der Waals surface area contributed by atoms with E-state index in [2.05, 4.69) is 254 Å². The number of hydrogen-bond acceptors (Lipinski definition) is 1. The van der Waals surface area contributed by atoms with Crippen molar-refractivity contribution in [3.63, 3.8) is 0 Å². The minimum Gasteiger partial charge on any atom is -0.310 e. The van der Waals surface area contributed by atoms with Gasteiger partial charge in [0.05, 0.1) is 5.41 Å². The zero-order valence-corrected chi connectivity index (χ0v) is 34.1. The molecule has 0 saturated heterocycles. The molecule has 0 radical (unpaired) electrons. The van der Waals surface area contributed by atoms with Gasteiger partial charge in [0.2, 0.25) is 0 Å². The predicted octanol–water partition coefficient (Wildman–Crippen LogP) is 16.2. The van der Waals surface area contributed by atoms with Gasteiger partial charge in [-0.2, -0.15) is 0 Å². The van der Waals surface area contributed by atoms with Crippen LogP contribution in [0.4, 0.5) is 17.1 Å². The third-order valence-corrected chi connectivity index (χ3v) is 13.0. The van der Waals surface area contributed by atoms with E-state index in [9.17, 15) is 0 Å². The Morgan fingerprint density at radius 3 is 0.887 bits per heavy atom. The van der Waals surface area contributed by atoms with Crippen LogP contribution in [0.25, 0.3) is 66.8 Å². The lowest BCUT2D eigenvalue weighted by molar-refractivity contribution is 0.794. The quantitative estimate of drug-likeness (QED) is 0.155. The fraction of sp³-hybridized carbons (Fsp3) is 0.0164. The third-order valence-electron chi connectivity index (χ3n) is 13.0. The van der Waals surface area contributed by atoms with Crippen LogP contribution in [0.1, 0.15) is 22.3 Å². The summed E-state index contributed by atoms with van der Waals surface area (Å²) in [7, 11) is 0. The summed E-state index contributed by atoms with van der Waals surface area (Å²) in [6.45, 7) is 0. The van der Waals surface area contributed by atoms with E-state index < -0.39 is 5.41 Å². The van der Waals surface area contributed by atoms with Crippen LogP contribution >= 0.6 is 0 Å². The maximum Gasteiger partial charge on any atom is 0.0725 e. The first-order valence-corrected chi connectivity index (χ1v) is 21.5. The average molecular weight is 788 g/mol. The molecule has 290 valence electrons. The van der Waals surface area contributed by atoms with Gasteiger partial charge in [-0.1, -0.05) is 200 Å². The van der Waals surface area contributed by atoms with Crippen molar-refractivity contribution < 1.29 is 0 Å². The first-order valence-electron chi connectivity index (χ1n) is 21.5. The summed E-state index contributed by atoms with van der Waals surface area (Å²) in [6.07, 6.45) is 0. The number of hydrogen-bond donors (Lipinski definition) is 0. The van der Waals surface area contributed by atoms with Crippen molar-refractivity contribution in [1.29, 1.82) is 0 Å². The molecule has 0 atom stereocenters. The molecular weight excluding hydrogens is 747 g/mol. The van der Waals surface area contributed by atoms with E-state index in [0.717, 1.165) is 17.1 Å². The van der Waals surface area contributed by atoms with Crippen LogP contribution in [-0.2, 0) is 5.41 Å². The molecule has 0 heterocycles. The lowest BCUT2D eigenvalue weighted by Crippen LogP contribution is -2.25. The van der Waals surface area contributed by atoms with Crippen molar-refractivity contribution in [2.75, 3.05) is 4.90 Å². The summed E-state index contributed by atoms with van der Waals surface area (Å²) < 4.78 is 0. The van der Waals surface area contributed by atoms with Crippen LogP contribution in [0.2, 0.25) is 0 Å². The highest BCUT2D eigenvalue weighted by Gasteiger charge is 2.51. The van der Waals surface area contributed by atoms with Gasteiger partial charge >= 0.3 is 0 Å². The normalized spacial score (nSPS) is 12.6. The second kappa shape index (κ2) is 14.6. The van der Waals surface area contributed by atoms with Crippen molar-refractivity contribution in [3.05, 3.63) is 271 Å². The van der Waals surface area contributed by atoms with Crippen molar-refractivity contribution in [1.82, 2.24) is 0 Å². The number of anilines is 3. The summed E-state index contributed by atoms with van der Waals surface area (Å²) >= 11 is 0. The van der Waals surface area contributed by atoms with E-state index in [1.807, 2.05) is 0 Å². The Labute approximate surface area is 363 Å². The highest BCUT2D eigenvalue weighted by Crippen LogP contribution is 2.63. The Bertz CT molecular complexity index is 2990. The second-order valence-electron chi connectivity index (χ2n) is 16.5. The van der Waals surface area contributed by atoms with Gasteiger partial charge in [-0.05, 0) is 138 Å². The molecule has 0 N–H and O–H groups in total. The molecule has 0 bridgehead atoms. The van der Waals surface area contributed by atoms with Gasteiger partial charge in [-0.3, -0.25) is 0 Å². The molecule has 0 unspecified atom stereocenters. The van der Waals surface area contributed by atoms with Crippen LogP contribution in [0.5, 0.6) is 0 Å². The van der Waals surface area contributed by atoms with Crippen molar-refractivity contribution in [3.8, 4) is 66.8 Å². The van der Waals surface area contributed by atoms with Crippen molar-refractivity contribution in [2.24, 2.45) is 0 Å². The fourth-order valence-corrected chi connectivity index (χ4v) is 10.3. The van der Waals surface area contributed by atoms with E-state index in [-0.39, 0.29) is 0 Å². The summed E-state index contributed by atoms with van der Waals surface area (Å²) in [4.78, 5) is 2.49. The van der Waals surface area contributed by atoms with Gasteiger partial charge in [0, 0.05) is 17.1 Å². The monoisotopic (exact) mass is 787 g/mol. The van der Waals surface area contributed by atoms with Gasteiger partial charge in [-0.15, -0.1) is 0 Å². The molecule has 1 nitrogen and oxygen atoms in total. The lowest BCUT2D eigenvalue weighted by Gasteiger charge is -2.31. The maximum absolute atomic E-state index is 2.49. The van der Waals surface area contributed by atoms with E-state index in [1.54, 1.807) is 0 Å². The zero-order chi connectivity index (χ0) is 41.0. The molecule has 0 amide bonds. The molecule has 62 heavy (non-hydrogen) atoms. The fourth-order valence-electron chi connectivity index (χ4n) is 10.3. The maximum atomic E-state index is 2.49. The van der Waals surface area contributed by atoms with E-state index in [4.69, 9.17) is 0 Å². The molecule has 2 aliphatic carbocycles. The van der Waals surface area contributed by atoms with Gasteiger partial charge in [-0.25, -0.2) is 0 Å². The Morgan fingerprint density at radius 2 is 0.516 bits per heavy atom. The van der Waals surface area contributed by atoms with E-state index in [1.165, 1.54) is 89.0 Å². The van der Waals surface area contributed by atoms with Crippen LogP contribution < -0.4 is 4.90 Å². The Hall–Kier alpha value is -8.00. The molecule has 12 rings (SSSR count). The standard InChI is InChI=1S/C61H41N/c1-5-19-42(20-6-1)46-35-47(43-21-7-2-8-22-43)38-51(37-46)62(52-39-48(44-23-9-3-10-24-44)36-49(40-52)45-25-11-4-12-26-45)50-33-34-60-56(41-50)55-29-15-18-32-59(55)61(60)57-30-16-13-27-53(57)54-28-14-17-31-58(54)61/h1-41H. The first kappa shape index (κ1) is 35.9. The van der Waals surface area contributed by atoms with Crippen LogP contribution in [0, 0.1) is 0 Å². The van der Waals surface area contributed by atoms with Crippen LogP contribution in [0.15, 0.2) is 249 Å². The summed E-state index contributed by atoms with van der Waals surface area (Å²) in [5.41, 5.74) is 22.8. The van der Waals surface area contributed by atoms with Gasteiger partial charge in [0.15, 0.2) is 0 Å². The third kappa shape index (κ3) is 5.70. The van der Waals surface area contributed by atoms with E-state index in [0.29, 0.717) is 0 Å². The molecule has 2 aliphatic rings. The molecule has 0 aromatic heterocycles. The first-order chi connectivity index (χ1) is 30.7. The zero-order valence-electron chi connectivity index (χ0n) is 34.1. The van der Waals surface area contributed by atoms with Gasteiger partial charge in [0.1, 0.15) is 0 Å².